The maximum atomic E-state index is 12.9. The molecule has 0 bridgehead atoms. The maximum absolute atomic E-state index is 12.9. The first-order valence-electron chi connectivity index (χ1n) is 5.66. The van der Waals surface area contributed by atoms with Crippen LogP contribution < -0.4 is 5.73 Å². The number of pyridine rings is 1. The molecule has 0 aliphatic rings. The Morgan fingerprint density at radius 3 is 2.56 bits per heavy atom. The molecule has 2 aromatic rings. The largest absolute Gasteiger partial charge is 0.366 e. The number of carbonyl (C=O) groups is 1. The lowest BCUT2D eigenvalue weighted by Gasteiger charge is -2.08. The minimum atomic E-state index is -0.538. The molecule has 92 valence electrons. The van der Waals surface area contributed by atoms with Gasteiger partial charge in [0.1, 0.15) is 5.82 Å². The van der Waals surface area contributed by atoms with E-state index in [2.05, 4.69) is 4.98 Å². The molecule has 0 radical (unpaired) electrons. The van der Waals surface area contributed by atoms with Gasteiger partial charge in [0.25, 0.3) is 5.91 Å². The van der Waals surface area contributed by atoms with Crippen molar-refractivity contribution in [3.63, 3.8) is 0 Å². The van der Waals surface area contributed by atoms with Crippen LogP contribution in [-0.4, -0.2) is 10.9 Å². The minimum Gasteiger partial charge on any atom is -0.366 e. The van der Waals surface area contributed by atoms with Crippen LogP contribution in [0.5, 0.6) is 0 Å². The second-order valence-electron chi connectivity index (χ2n) is 3.95. The van der Waals surface area contributed by atoms with Gasteiger partial charge in [-0.3, -0.25) is 9.78 Å². The summed E-state index contributed by atoms with van der Waals surface area (Å²) in [6.07, 6.45) is 2.23. The van der Waals surface area contributed by atoms with Crippen molar-refractivity contribution in [3.05, 3.63) is 53.6 Å². The van der Waals surface area contributed by atoms with Crippen molar-refractivity contribution in [1.82, 2.24) is 4.98 Å². The topological polar surface area (TPSA) is 56.0 Å². The van der Waals surface area contributed by atoms with Crippen LogP contribution >= 0.6 is 0 Å². The van der Waals surface area contributed by atoms with Crippen molar-refractivity contribution >= 4 is 5.91 Å². The average molecular weight is 244 g/mol. The molecular formula is C14H13FN2O. The molecule has 1 amide bonds. The number of carbonyl (C=O) groups excluding carboxylic acids is 1. The first kappa shape index (κ1) is 12.2. The van der Waals surface area contributed by atoms with Crippen LogP contribution in [0.3, 0.4) is 0 Å². The summed E-state index contributed by atoms with van der Waals surface area (Å²) >= 11 is 0. The highest BCUT2D eigenvalue weighted by atomic mass is 19.1. The molecule has 2 rings (SSSR count). The Hall–Kier alpha value is -2.23. The lowest BCUT2D eigenvalue weighted by atomic mass is 10.00. The van der Waals surface area contributed by atoms with E-state index in [4.69, 9.17) is 5.73 Å². The van der Waals surface area contributed by atoms with Gasteiger partial charge in [0.05, 0.1) is 5.56 Å². The highest BCUT2D eigenvalue weighted by Crippen LogP contribution is 2.24. The summed E-state index contributed by atoms with van der Waals surface area (Å²) in [5.74, 6) is -0.853. The second kappa shape index (κ2) is 4.96. The summed E-state index contributed by atoms with van der Waals surface area (Å²) in [4.78, 5) is 15.5. The van der Waals surface area contributed by atoms with Crippen LogP contribution in [0, 0.1) is 5.82 Å². The van der Waals surface area contributed by atoms with Crippen molar-refractivity contribution in [2.75, 3.05) is 0 Å². The van der Waals surface area contributed by atoms with Crippen LogP contribution in [0.25, 0.3) is 11.1 Å². The van der Waals surface area contributed by atoms with Gasteiger partial charge >= 0.3 is 0 Å². The zero-order chi connectivity index (χ0) is 13.1. The zero-order valence-electron chi connectivity index (χ0n) is 9.98. The molecule has 2 N–H and O–H groups in total. The molecule has 0 aliphatic heterocycles. The molecule has 0 saturated carbocycles. The number of hydrogen-bond donors (Lipinski definition) is 1. The molecule has 1 aromatic carbocycles. The summed E-state index contributed by atoms with van der Waals surface area (Å²) < 4.78 is 12.9. The first-order valence-corrected chi connectivity index (χ1v) is 5.66. The molecule has 4 heteroatoms. The quantitative estimate of drug-likeness (QED) is 0.902. The molecule has 1 heterocycles. The van der Waals surface area contributed by atoms with Gasteiger partial charge in [0.15, 0.2) is 0 Å². The summed E-state index contributed by atoms with van der Waals surface area (Å²) in [5.41, 5.74) is 7.97. The molecule has 1 aromatic heterocycles. The lowest BCUT2D eigenvalue weighted by Crippen LogP contribution is -2.13. The predicted molar refractivity (Wildman–Crippen MR) is 67.5 cm³/mol. The Balaban J connectivity index is 2.59. The molecular weight excluding hydrogens is 231 g/mol. The number of nitrogens with two attached hydrogens (primary N) is 1. The fourth-order valence-electron chi connectivity index (χ4n) is 1.76. The van der Waals surface area contributed by atoms with Crippen molar-refractivity contribution in [3.8, 4) is 11.1 Å². The van der Waals surface area contributed by atoms with Gasteiger partial charge in [-0.15, -0.1) is 0 Å². The van der Waals surface area contributed by atoms with E-state index in [1.54, 1.807) is 12.1 Å². The number of aromatic nitrogens is 1. The molecule has 0 spiro atoms. The lowest BCUT2D eigenvalue weighted by molar-refractivity contribution is 0.100. The number of hydrogen-bond acceptors (Lipinski definition) is 2. The smallest absolute Gasteiger partial charge is 0.250 e. The minimum absolute atomic E-state index is 0.316. The number of halogens is 1. The Morgan fingerprint density at radius 1 is 1.33 bits per heavy atom. The van der Waals surface area contributed by atoms with E-state index in [9.17, 15) is 9.18 Å². The van der Waals surface area contributed by atoms with Crippen molar-refractivity contribution in [2.24, 2.45) is 5.73 Å². The normalized spacial score (nSPS) is 10.3. The second-order valence-corrected chi connectivity index (χ2v) is 3.95. The first-order chi connectivity index (χ1) is 8.61. The third-order valence-corrected chi connectivity index (χ3v) is 2.74. The molecule has 0 saturated heterocycles. The molecule has 3 nitrogen and oxygen atoms in total. The van der Waals surface area contributed by atoms with Gasteiger partial charge in [-0.25, -0.2) is 4.39 Å². The van der Waals surface area contributed by atoms with Crippen molar-refractivity contribution in [2.45, 2.75) is 13.3 Å². The summed E-state index contributed by atoms with van der Waals surface area (Å²) in [6, 6.07) is 7.76. The van der Waals surface area contributed by atoms with Crippen molar-refractivity contribution in [1.29, 1.82) is 0 Å². The number of primary amides is 1. The molecule has 0 aliphatic carbocycles. The fraction of sp³-hybridized carbons (Fsp3) is 0.143. The Kier molecular flexibility index (Phi) is 3.37. The number of amides is 1. The Bertz CT molecular complexity index is 579. The Labute approximate surface area is 104 Å². The molecule has 0 unspecified atom stereocenters. The standard InChI is InChI=1S/C14H13FN2O/c1-2-11-7-12(13(8-17-11)14(16)18)9-3-5-10(15)6-4-9/h3-8H,2H2,1H3,(H2,16,18). The van der Waals surface area contributed by atoms with Gasteiger partial charge in [0, 0.05) is 11.9 Å². The SMILES string of the molecule is CCc1cc(-c2ccc(F)cc2)c(C(N)=O)cn1. The Morgan fingerprint density at radius 2 is 2.00 bits per heavy atom. The highest BCUT2D eigenvalue weighted by Gasteiger charge is 2.11. The molecule has 18 heavy (non-hydrogen) atoms. The van der Waals surface area contributed by atoms with E-state index >= 15 is 0 Å². The number of rotatable bonds is 3. The third-order valence-electron chi connectivity index (χ3n) is 2.74. The van der Waals surface area contributed by atoms with Gasteiger partial charge in [-0.1, -0.05) is 19.1 Å². The maximum Gasteiger partial charge on any atom is 0.250 e. The van der Waals surface area contributed by atoms with Gasteiger partial charge in [0.2, 0.25) is 0 Å². The third kappa shape index (κ3) is 2.37. The molecule has 0 fully saturated rings. The molecule has 0 atom stereocenters. The number of aryl methyl sites for hydroxylation is 1. The van der Waals surface area contributed by atoms with Crippen molar-refractivity contribution < 1.29 is 9.18 Å². The van der Waals surface area contributed by atoms with E-state index in [-0.39, 0.29) is 5.82 Å². The highest BCUT2D eigenvalue weighted by molar-refractivity contribution is 5.99. The van der Waals surface area contributed by atoms with E-state index in [1.807, 2.05) is 13.0 Å². The zero-order valence-corrected chi connectivity index (χ0v) is 9.98. The monoisotopic (exact) mass is 244 g/mol. The fourth-order valence-corrected chi connectivity index (χ4v) is 1.76. The van der Waals surface area contributed by atoms with Gasteiger partial charge < -0.3 is 5.73 Å². The van der Waals surface area contributed by atoms with Gasteiger partial charge in [-0.2, -0.15) is 0 Å². The van der Waals surface area contributed by atoms with Crippen LogP contribution in [0.15, 0.2) is 36.5 Å². The van der Waals surface area contributed by atoms with Gasteiger partial charge in [-0.05, 0) is 35.7 Å². The van der Waals surface area contributed by atoms with Crippen LogP contribution in [0.2, 0.25) is 0 Å². The average Bonchev–Trinajstić information content (AvgIpc) is 2.38. The van der Waals surface area contributed by atoms with E-state index in [0.717, 1.165) is 17.7 Å². The predicted octanol–water partition coefficient (Wildman–Crippen LogP) is 2.55. The van der Waals surface area contributed by atoms with E-state index in [1.165, 1.54) is 18.3 Å². The van der Waals surface area contributed by atoms with Crippen LogP contribution in [-0.2, 0) is 6.42 Å². The van der Waals surface area contributed by atoms with E-state index < -0.39 is 5.91 Å². The number of benzene rings is 1. The number of nitrogens with zero attached hydrogens (tertiary/aromatic N) is 1. The van der Waals surface area contributed by atoms with E-state index in [0.29, 0.717) is 11.1 Å². The van der Waals surface area contributed by atoms with Crippen LogP contribution in [0.4, 0.5) is 4.39 Å². The summed E-state index contributed by atoms with van der Waals surface area (Å²) in [6.45, 7) is 1.97. The summed E-state index contributed by atoms with van der Waals surface area (Å²) in [7, 11) is 0. The van der Waals surface area contributed by atoms with Crippen LogP contribution in [0.1, 0.15) is 23.0 Å². The summed E-state index contributed by atoms with van der Waals surface area (Å²) in [5, 5.41) is 0.